The number of rotatable bonds is 4. The second-order valence-electron chi connectivity index (χ2n) is 4.72. The van der Waals surface area contributed by atoms with Gasteiger partial charge in [-0.05, 0) is 24.2 Å². The Morgan fingerprint density at radius 3 is 2.14 bits per heavy atom. The van der Waals surface area contributed by atoms with Crippen molar-refractivity contribution in [2.75, 3.05) is 7.11 Å². The predicted octanol–water partition coefficient (Wildman–Crippen LogP) is 1.80. The van der Waals surface area contributed by atoms with Crippen LogP contribution in [0.1, 0.15) is 33.6 Å². The van der Waals surface area contributed by atoms with E-state index in [1.54, 1.807) is 6.92 Å². The first-order chi connectivity index (χ1) is 6.39. The lowest BCUT2D eigenvalue weighted by Gasteiger charge is -2.00. The first-order valence-corrected chi connectivity index (χ1v) is 4.95. The average molecular weight is 198 g/mol. The standard InChI is InChI=1S/C11H18O3/c1-7(12)5-8-9(11(8,2)3)6-10(13)14-4/h8-9H,5-6H2,1-4H3/t8?,9-/m1/s1. The van der Waals surface area contributed by atoms with E-state index in [9.17, 15) is 9.59 Å². The van der Waals surface area contributed by atoms with E-state index in [0.29, 0.717) is 24.7 Å². The maximum atomic E-state index is 11.1. The van der Waals surface area contributed by atoms with Crippen molar-refractivity contribution in [3.8, 4) is 0 Å². The fourth-order valence-electron chi connectivity index (χ4n) is 2.24. The monoisotopic (exact) mass is 198 g/mol. The minimum Gasteiger partial charge on any atom is -0.469 e. The van der Waals surface area contributed by atoms with Crippen molar-refractivity contribution < 1.29 is 14.3 Å². The van der Waals surface area contributed by atoms with E-state index in [1.807, 2.05) is 0 Å². The van der Waals surface area contributed by atoms with Gasteiger partial charge in [-0.3, -0.25) is 4.79 Å². The molecule has 1 aliphatic carbocycles. The van der Waals surface area contributed by atoms with Gasteiger partial charge < -0.3 is 9.53 Å². The van der Waals surface area contributed by atoms with Gasteiger partial charge in [-0.2, -0.15) is 0 Å². The Kier molecular flexibility index (Phi) is 2.98. The highest BCUT2D eigenvalue weighted by Gasteiger charge is 2.57. The zero-order valence-corrected chi connectivity index (χ0v) is 9.29. The minimum atomic E-state index is -0.172. The van der Waals surface area contributed by atoms with Crippen LogP contribution in [0.15, 0.2) is 0 Å². The Morgan fingerprint density at radius 1 is 1.21 bits per heavy atom. The molecule has 0 radical (unpaired) electrons. The van der Waals surface area contributed by atoms with Crippen LogP contribution in [-0.4, -0.2) is 18.9 Å². The summed E-state index contributed by atoms with van der Waals surface area (Å²) >= 11 is 0. The van der Waals surface area contributed by atoms with Crippen molar-refractivity contribution in [1.82, 2.24) is 0 Å². The van der Waals surface area contributed by atoms with Crippen molar-refractivity contribution >= 4 is 11.8 Å². The van der Waals surface area contributed by atoms with E-state index >= 15 is 0 Å². The van der Waals surface area contributed by atoms with E-state index in [1.165, 1.54) is 7.11 Å². The quantitative estimate of drug-likeness (QED) is 0.647. The smallest absolute Gasteiger partial charge is 0.305 e. The normalized spacial score (nSPS) is 28.3. The van der Waals surface area contributed by atoms with Crippen LogP contribution in [0.2, 0.25) is 0 Å². The molecular weight excluding hydrogens is 180 g/mol. The lowest BCUT2D eigenvalue weighted by Crippen LogP contribution is -2.03. The Balaban J connectivity index is 2.48. The van der Waals surface area contributed by atoms with E-state index in [4.69, 9.17) is 0 Å². The summed E-state index contributed by atoms with van der Waals surface area (Å²) in [5, 5.41) is 0. The van der Waals surface area contributed by atoms with Gasteiger partial charge in [0.05, 0.1) is 7.11 Å². The summed E-state index contributed by atoms with van der Waals surface area (Å²) in [6.45, 7) is 5.81. The molecule has 3 nitrogen and oxygen atoms in total. The zero-order valence-electron chi connectivity index (χ0n) is 9.29. The Labute approximate surface area is 84.8 Å². The van der Waals surface area contributed by atoms with Gasteiger partial charge in [0.15, 0.2) is 0 Å². The van der Waals surface area contributed by atoms with Gasteiger partial charge >= 0.3 is 5.97 Å². The van der Waals surface area contributed by atoms with Crippen molar-refractivity contribution in [2.24, 2.45) is 17.3 Å². The molecule has 0 saturated heterocycles. The molecule has 0 aromatic carbocycles. The zero-order chi connectivity index (χ0) is 10.9. The number of ketones is 1. The van der Waals surface area contributed by atoms with E-state index in [-0.39, 0.29) is 17.2 Å². The van der Waals surface area contributed by atoms with Crippen molar-refractivity contribution in [2.45, 2.75) is 33.6 Å². The van der Waals surface area contributed by atoms with Gasteiger partial charge in [0.1, 0.15) is 5.78 Å². The maximum absolute atomic E-state index is 11.1. The largest absolute Gasteiger partial charge is 0.469 e. The SMILES string of the molecule is COC(=O)C[C@@H]1C(CC(C)=O)C1(C)C. The molecule has 1 rings (SSSR count). The highest BCUT2D eigenvalue weighted by molar-refractivity contribution is 5.77. The molecule has 1 unspecified atom stereocenters. The summed E-state index contributed by atoms with van der Waals surface area (Å²) in [5.41, 5.74) is 0.125. The van der Waals surface area contributed by atoms with E-state index in [0.717, 1.165) is 0 Å². The Morgan fingerprint density at radius 2 is 1.71 bits per heavy atom. The summed E-state index contributed by atoms with van der Waals surface area (Å²) in [6.07, 6.45) is 1.04. The maximum Gasteiger partial charge on any atom is 0.305 e. The highest BCUT2D eigenvalue weighted by atomic mass is 16.5. The van der Waals surface area contributed by atoms with Crippen molar-refractivity contribution in [3.63, 3.8) is 0 Å². The lowest BCUT2D eigenvalue weighted by atomic mass is 10.1. The van der Waals surface area contributed by atoms with Gasteiger partial charge in [-0.1, -0.05) is 13.8 Å². The second kappa shape index (κ2) is 3.71. The molecule has 2 atom stereocenters. The number of hydrogen-bond donors (Lipinski definition) is 0. The molecule has 1 aliphatic rings. The topological polar surface area (TPSA) is 43.4 Å². The summed E-state index contributed by atoms with van der Waals surface area (Å²) in [6, 6.07) is 0. The molecule has 1 saturated carbocycles. The average Bonchev–Trinajstić information content (AvgIpc) is 2.55. The molecule has 0 aromatic heterocycles. The van der Waals surface area contributed by atoms with Gasteiger partial charge in [0, 0.05) is 12.8 Å². The Bertz CT molecular complexity index is 255. The van der Waals surface area contributed by atoms with E-state index in [2.05, 4.69) is 18.6 Å². The van der Waals surface area contributed by atoms with Crippen molar-refractivity contribution in [3.05, 3.63) is 0 Å². The van der Waals surface area contributed by atoms with Crippen LogP contribution < -0.4 is 0 Å². The summed E-state index contributed by atoms with van der Waals surface area (Å²) in [5.74, 6) is 0.711. The van der Waals surface area contributed by atoms with Gasteiger partial charge in [0.25, 0.3) is 0 Å². The Hall–Kier alpha value is -0.860. The molecule has 0 spiro atoms. The molecule has 80 valence electrons. The first-order valence-electron chi connectivity index (χ1n) is 4.95. The number of hydrogen-bond acceptors (Lipinski definition) is 3. The fourth-order valence-corrected chi connectivity index (χ4v) is 2.24. The first kappa shape index (κ1) is 11.2. The lowest BCUT2D eigenvalue weighted by molar-refractivity contribution is -0.141. The van der Waals surface area contributed by atoms with Gasteiger partial charge in [-0.15, -0.1) is 0 Å². The second-order valence-corrected chi connectivity index (χ2v) is 4.72. The van der Waals surface area contributed by atoms with Crippen LogP contribution in [-0.2, 0) is 14.3 Å². The van der Waals surface area contributed by atoms with Crippen LogP contribution in [0.5, 0.6) is 0 Å². The molecular formula is C11H18O3. The van der Waals surface area contributed by atoms with Crippen LogP contribution >= 0.6 is 0 Å². The number of ether oxygens (including phenoxy) is 1. The third-order valence-corrected chi connectivity index (χ3v) is 3.41. The third kappa shape index (κ3) is 2.14. The molecule has 0 amide bonds. The molecule has 0 heterocycles. The van der Waals surface area contributed by atoms with Crippen LogP contribution in [0, 0.1) is 17.3 Å². The van der Waals surface area contributed by atoms with Crippen LogP contribution in [0.25, 0.3) is 0 Å². The summed E-state index contributed by atoms with van der Waals surface area (Å²) in [4.78, 5) is 22.0. The molecule has 0 N–H and O–H groups in total. The molecule has 1 fully saturated rings. The number of carbonyl (C=O) groups is 2. The molecule has 3 heteroatoms. The van der Waals surface area contributed by atoms with Crippen LogP contribution in [0.3, 0.4) is 0 Å². The predicted molar refractivity (Wildman–Crippen MR) is 52.7 cm³/mol. The number of carbonyl (C=O) groups excluding carboxylic acids is 2. The molecule has 0 aromatic rings. The molecule has 0 aliphatic heterocycles. The molecule has 14 heavy (non-hydrogen) atoms. The van der Waals surface area contributed by atoms with Crippen molar-refractivity contribution in [1.29, 1.82) is 0 Å². The number of methoxy groups -OCH3 is 1. The van der Waals surface area contributed by atoms with Gasteiger partial charge in [0.2, 0.25) is 0 Å². The van der Waals surface area contributed by atoms with E-state index < -0.39 is 0 Å². The minimum absolute atomic E-state index is 0.125. The number of esters is 1. The van der Waals surface area contributed by atoms with Gasteiger partial charge in [-0.25, -0.2) is 0 Å². The third-order valence-electron chi connectivity index (χ3n) is 3.41. The summed E-state index contributed by atoms with van der Waals surface area (Å²) < 4.78 is 4.62. The number of Topliss-reactive ketones (excluding diaryl/α,β-unsaturated/α-hetero) is 1. The fraction of sp³-hybridized carbons (Fsp3) is 0.818. The highest BCUT2D eigenvalue weighted by Crippen LogP contribution is 2.61. The molecule has 0 bridgehead atoms. The van der Waals surface area contributed by atoms with Crippen LogP contribution in [0.4, 0.5) is 0 Å². The summed E-state index contributed by atoms with van der Waals surface area (Å²) in [7, 11) is 1.40.